The van der Waals surface area contributed by atoms with Gasteiger partial charge in [0.2, 0.25) is 0 Å². The van der Waals surface area contributed by atoms with Crippen LogP contribution in [0.3, 0.4) is 0 Å². The second-order valence-electron chi connectivity index (χ2n) is 11.0. The lowest BCUT2D eigenvalue weighted by Gasteiger charge is -2.45. The average Bonchev–Trinajstić information content (AvgIpc) is 2.94. The topological polar surface area (TPSA) is 179 Å². The summed E-state index contributed by atoms with van der Waals surface area (Å²) in [5, 5.41) is 70.4. The monoisotopic (exact) mass is 566 g/mol. The van der Waals surface area contributed by atoms with Gasteiger partial charge in [-0.25, -0.2) is 0 Å². The molecule has 2 rings (SSSR count). The molecule has 0 unspecified atom stereocenters. The number of aliphatic hydroxyl groups is 7. The first-order chi connectivity index (χ1) is 18.8. The molecule has 10 atom stereocenters. The maximum Gasteiger partial charge on any atom is 0.187 e. The van der Waals surface area contributed by atoms with E-state index in [1.54, 1.807) is 0 Å². The van der Waals surface area contributed by atoms with Gasteiger partial charge in [-0.3, -0.25) is 0 Å². The predicted octanol–water partition coefficient (Wildman–Crippen LogP) is 1.11. The van der Waals surface area contributed by atoms with Gasteiger partial charge in [0.15, 0.2) is 12.6 Å². The molecule has 7 N–H and O–H groups in total. The molecular weight excluding hydrogens is 512 g/mol. The minimum absolute atomic E-state index is 0.322. The summed E-state index contributed by atoms with van der Waals surface area (Å²) in [7, 11) is 0. The minimum atomic E-state index is -1.69. The summed E-state index contributed by atoms with van der Waals surface area (Å²) in [5.74, 6) is 0. The van der Waals surface area contributed by atoms with Crippen molar-refractivity contribution >= 4 is 0 Å². The van der Waals surface area contributed by atoms with Crippen molar-refractivity contribution in [3.8, 4) is 0 Å². The van der Waals surface area contributed by atoms with Crippen molar-refractivity contribution in [2.24, 2.45) is 0 Å². The molecule has 232 valence electrons. The van der Waals surface area contributed by atoms with Crippen molar-refractivity contribution < 1.29 is 54.7 Å². The summed E-state index contributed by atoms with van der Waals surface area (Å²) in [5.41, 5.74) is 0. The van der Waals surface area contributed by atoms with Crippen LogP contribution in [0.1, 0.15) is 96.8 Å². The molecule has 2 fully saturated rings. The van der Waals surface area contributed by atoms with Crippen LogP contribution < -0.4 is 0 Å². The molecule has 2 heterocycles. The van der Waals surface area contributed by atoms with E-state index >= 15 is 0 Å². The average molecular weight is 567 g/mol. The molecule has 11 nitrogen and oxygen atoms in total. The minimum Gasteiger partial charge on any atom is -0.394 e. The Bertz CT molecular complexity index is 608. The Kier molecular flexibility index (Phi) is 17.5. The number of rotatable bonds is 20. The van der Waals surface area contributed by atoms with Gasteiger partial charge in [-0.05, 0) is 6.42 Å². The van der Waals surface area contributed by atoms with E-state index in [9.17, 15) is 35.7 Å². The van der Waals surface area contributed by atoms with E-state index in [0.717, 1.165) is 19.3 Å². The van der Waals surface area contributed by atoms with E-state index in [0.29, 0.717) is 6.61 Å². The second kappa shape index (κ2) is 19.6. The van der Waals surface area contributed by atoms with Crippen LogP contribution in [-0.4, -0.2) is 117 Å². The van der Waals surface area contributed by atoms with Crippen LogP contribution >= 0.6 is 0 Å². The molecule has 11 heteroatoms. The molecule has 0 bridgehead atoms. The highest BCUT2D eigenvalue weighted by molar-refractivity contribution is 4.94. The van der Waals surface area contributed by atoms with Crippen molar-refractivity contribution in [1.29, 1.82) is 0 Å². The van der Waals surface area contributed by atoms with Crippen molar-refractivity contribution in [3.63, 3.8) is 0 Å². The van der Waals surface area contributed by atoms with Crippen LogP contribution in [0.25, 0.3) is 0 Å². The summed E-state index contributed by atoms with van der Waals surface area (Å²) < 4.78 is 22.1. The molecular formula is C28H54O11. The van der Waals surface area contributed by atoms with E-state index in [1.807, 2.05) is 0 Å². The highest BCUT2D eigenvalue weighted by Crippen LogP contribution is 2.29. The van der Waals surface area contributed by atoms with Crippen LogP contribution in [0.4, 0.5) is 0 Å². The third-order valence-corrected chi connectivity index (χ3v) is 7.74. The van der Waals surface area contributed by atoms with Crippen molar-refractivity contribution in [1.82, 2.24) is 0 Å². The third-order valence-electron chi connectivity index (χ3n) is 7.74. The standard InChI is InChI=1S/C28H54O11/c1-2-3-4-5-6-7-8-9-10-11-12-13-14-15-16-36-27-25(35)23(33)26(20(18-30)38-27)39-28-24(34)22(32)21(31)19(17-29)37-28/h19-35H,2-18H2,1H3/t19-,20+,21-,22-,23+,24+,25+,26+,27+,28+/m1/s1. The fourth-order valence-corrected chi connectivity index (χ4v) is 5.19. The number of aliphatic hydroxyl groups excluding tert-OH is 7. The number of hydrogen-bond donors (Lipinski definition) is 7. The van der Waals surface area contributed by atoms with Gasteiger partial charge in [-0.15, -0.1) is 0 Å². The molecule has 39 heavy (non-hydrogen) atoms. The molecule has 0 saturated carbocycles. The first-order valence-corrected chi connectivity index (χ1v) is 15.1. The molecule has 0 aliphatic carbocycles. The molecule has 0 amide bonds. The van der Waals surface area contributed by atoms with Gasteiger partial charge in [-0.1, -0.05) is 90.4 Å². The highest BCUT2D eigenvalue weighted by Gasteiger charge is 2.50. The zero-order valence-corrected chi connectivity index (χ0v) is 23.6. The summed E-state index contributed by atoms with van der Waals surface area (Å²) in [6.07, 6.45) is 2.97. The third kappa shape index (κ3) is 11.4. The first-order valence-electron chi connectivity index (χ1n) is 15.1. The maximum atomic E-state index is 10.6. The van der Waals surface area contributed by atoms with Crippen molar-refractivity contribution in [2.75, 3.05) is 19.8 Å². The molecule has 2 aliphatic heterocycles. The Hall–Kier alpha value is -0.440. The highest BCUT2D eigenvalue weighted by atomic mass is 16.7. The zero-order chi connectivity index (χ0) is 28.6. The molecule has 2 saturated heterocycles. The van der Waals surface area contributed by atoms with E-state index in [4.69, 9.17) is 18.9 Å². The van der Waals surface area contributed by atoms with Gasteiger partial charge in [0.1, 0.15) is 48.8 Å². The maximum absolute atomic E-state index is 10.6. The van der Waals surface area contributed by atoms with Gasteiger partial charge in [0, 0.05) is 6.61 Å². The van der Waals surface area contributed by atoms with E-state index in [-0.39, 0.29) is 0 Å². The predicted molar refractivity (Wildman–Crippen MR) is 143 cm³/mol. The van der Waals surface area contributed by atoms with E-state index in [2.05, 4.69) is 6.92 Å². The zero-order valence-electron chi connectivity index (χ0n) is 23.6. The normalized spacial score (nSPS) is 35.4. The van der Waals surface area contributed by atoms with Gasteiger partial charge in [0.25, 0.3) is 0 Å². The molecule has 0 spiro atoms. The smallest absolute Gasteiger partial charge is 0.187 e. The largest absolute Gasteiger partial charge is 0.394 e. The summed E-state index contributed by atoms with van der Waals surface area (Å²) in [6, 6.07) is 0. The van der Waals surface area contributed by atoms with Gasteiger partial charge >= 0.3 is 0 Å². The van der Waals surface area contributed by atoms with Crippen molar-refractivity contribution in [2.45, 2.75) is 158 Å². The molecule has 0 aromatic carbocycles. The van der Waals surface area contributed by atoms with Gasteiger partial charge in [-0.2, -0.15) is 0 Å². The summed E-state index contributed by atoms with van der Waals surface area (Å²) >= 11 is 0. The van der Waals surface area contributed by atoms with Crippen molar-refractivity contribution in [3.05, 3.63) is 0 Å². The lowest BCUT2D eigenvalue weighted by atomic mass is 9.97. The van der Waals surface area contributed by atoms with Gasteiger partial charge in [0.05, 0.1) is 13.2 Å². The lowest BCUT2D eigenvalue weighted by molar-refractivity contribution is -0.359. The second-order valence-corrected chi connectivity index (χ2v) is 11.0. The van der Waals surface area contributed by atoms with Crippen LogP contribution in [-0.2, 0) is 18.9 Å². The van der Waals surface area contributed by atoms with Crippen LogP contribution in [0.2, 0.25) is 0 Å². The Morgan fingerprint density at radius 3 is 1.49 bits per heavy atom. The van der Waals surface area contributed by atoms with E-state index < -0.39 is 74.6 Å². The number of hydrogen-bond acceptors (Lipinski definition) is 11. The molecule has 0 aromatic rings. The Morgan fingerprint density at radius 2 is 0.974 bits per heavy atom. The first kappa shape index (κ1) is 34.8. The Morgan fingerprint density at radius 1 is 0.513 bits per heavy atom. The molecule has 0 radical (unpaired) electrons. The fraction of sp³-hybridized carbons (Fsp3) is 1.00. The summed E-state index contributed by atoms with van der Waals surface area (Å²) in [4.78, 5) is 0. The number of ether oxygens (including phenoxy) is 4. The van der Waals surface area contributed by atoms with Crippen LogP contribution in [0, 0.1) is 0 Å². The molecule has 0 aromatic heterocycles. The van der Waals surface area contributed by atoms with E-state index in [1.165, 1.54) is 70.6 Å². The fourth-order valence-electron chi connectivity index (χ4n) is 5.19. The van der Waals surface area contributed by atoms with Crippen LogP contribution in [0.15, 0.2) is 0 Å². The van der Waals surface area contributed by atoms with Crippen LogP contribution in [0.5, 0.6) is 0 Å². The summed E-state index contributed by atoms with van der Waals surface area (Å²) in [6.45, 7) is 1.34. The van der Waals surface area contributed by atoms with Gasteiger partial charge < -0.3 is 54.7 Å². The quantitative estimate of drug-likeness (QED) is 0.105. The number of unbranched alkanes of at least 4 members (excludes halogenated alkanes) is 13. The molecule has 2 aliphatic rings. The Labute approximate surface area is 233 Å². The Balaban J connectivity index is 1.62. The lowest BCUT2D eigenvalue weighted by Crippen LogP contribution is -2.64. The SMILES string of the molecule is CCCCCCCCCCCCCCCCO[C@H]1O[C@@H](CO)[C@H](O[C@@H]2O[C@H](CO)[C@@H](O)[C@@H](O)[C@@H]2O)[C@@H](O)[C@@H]1O.